The second kappa shape index (κ2) is 5.85. The van der Waals surface area contributed by atoms with Gasteiger partial charge in [-0.1, -0.05) is 19.9 Å². The van der Waals surface area contributed by atoms with Crippen molar-refractivity contribution in [3.8, 4) is 0 Å². The Morgan fingerprint density at radius 2 is 1.78 bits per heavy atom. The second-order valence-corrected chi connectivity index (χ2v) is 7.81. The van der Waals surface area contributed by atoms with Gasteiger partial charge in [0.2, 0.25) is 0 Å². The number of hydrogen-bond acceptors (Lipinski definition) is 2. The van der Waals surface area contributed by atoms with Gasteiger partial charge in [0.1, 0.15) is 18.3 Å². The molecule has 2 unspecified atom stereocenters. The van der Waals surface area contributed by atoms with Crippen LogP contribution in [-0.2, 0) is 9.53 Å². The van der Waals surface area contributed by atoms with Crippen LogP contribution in [0, 0.1) is 22.7 Å². The lowest BCUT2D eigenvalue weighted by Crippen LogP contribution is -2.30. The molecule has 0 N–H and O–H groups in total. The van der Waals surface area contributed by atoms with Crippen LogP contribution in [0.2, 0.25) is 0 Å². The van der Waals surface area contributed by atoms with Crippen LogP contribution in [-0.4, -0.2) is 24.9 Å². The molecule has 4 atom stereocenters. The maximum Gasteiger partial charge on any atom is 0.412 e. The predicted molar refractivity (Wildman–Crippen MR) is 80.9 cm³/mol. The van der Waals surface area contributed by atoms with E-state index in [1.807, 2.05) is 0 Å². The van der Waals surface area contributed by atoms with Crippen LogP contribution < -0.4 is 0 Å². The number of allylic oxidation sites excluding steroid dienone is 5. The summed E-state index contributed by atoms with van der Waals surface area (Å²) in [6, 6.07) is 0. The normalized spacial score (nSPS) is 35.2. The molecule has 2 nitrogen and oxygen atoms in total. The Bertz CT molecular complexity index is 790. The lowest BCUT2D eigenvalue weighted by atomic mass is 9.77. The van der Waals surface area contributed by atoms with Gasteiger partial charge >= 0.3 is 12.1 Å². The molecule has 150 valence electrons. The van der Waals surface area contributed by atoms with Gasteiger partial charge in [0, 0.05) is 16.6 Å². The van der Waals surface area contributed by atoms with Gasteiger partial charge in [0.15, 0.2) is 12.0 Å². The third kappa shape index (κ3) is 2.72. The van der Waals surface area contributed by atoms with Crippen molar-refractivity contribution in [1.29, 1.82) is 0 Å². The van der Waals surface area contributed by atoms with E-state index in [9.17, 15) is 35.5 Å². The number of carbonyl (C=O) groups excluding carboxylic acids is 1. The van der Waals surface area contributed by atoms with Crippen molar-refractivity contribution in [1.82, 2.24) is 0 Å². The molecule has 0 bridgehead atoms. The number of halogens is 7. The average Bonchev–Trinajstić information content (AvgIpc) is 3.05. The highest BCUT2D eigenvalue weighted by Crippen LogP contribution is 2.77. The van der Waals surface area contributed by atoms with Crippen molar-refractivity contribution in [3.05, 3.63) is 34.7 Å². The number of hydrogen-bond donors (Lipinski definition) is 0. The second-order valence-electron chi connectivity index (χ2n) is 7.81. The van der Waals surface area contributed by atoms with E-state index >= 15 is 0 Å². The molecule has 0 aromatic carbocycles. The van der Waals surface area contributed by atoms with E-state index in [1.54, 1.807) is 13.8 Å². The van der Waals surface area contributed by atoms with Gasteiger partial charge in [-0.05, 0) is 18.8 Å². The van der Waals surface area contributed by atoms with Gasteiger partial charge in [0.05, 0.1) is 11.8 Å². The summed E-state index contributed by atoms with van der Waals surface area (Å²) in [7, 11) is 0. The van der Waals surface area contributed by atoms with Gasteiger partial charge < -0.3 is 4.74 Å². The zero-order valence-corrected chi connectivity index (χ0v) is 14.7. The standard InChI is InChI=1S/C18H17F7O2/c1-7-10(19)12(21)9(13(22)11(7)20)6-27-15(26)14-16(2,3)17(14)4-8(5-17)18(23,24)25/h4,9,12,14H,5-6H2,1-3H3/t9?,12?,14-,17+/m1/s1. The highest BCUT2D eigenvalue weighted by molar-refractivity contribution is 5.81. The van der Waals surface area contributed by atoms with Crippen LogP contribution in [0.3, 0.4) is 0 Å². The van der Waals surface area contributed by atoms with Gasteiger partial charge in [-0.2, -0.15) is 13.2 Å². The first kappa shape index (κ1) is 19.9. The van der Waals surface area contributed by atoms with Crippen molar-refractivity contribution in [2.75, 3.05) is 6.61 Å². The molecule has 0 aliphatic heterocycles. The van der Waals surface area contributed by atoms with E-state index in [1.165, 1.54) is 0 Å². The molecule has 3 rings (SSSR count). The zero-order chi connectivity index (χ0) is 20.5. The molecule has 3 aliphatic carbocycles. The molecule has 0 radical (unpaired) electrons. The molecular weight excluding hydrogens is 381 g/mol. The number of esters is 1. The Labute approximate surface area is 150 Å². The molecule has 0 saturated heterocycles. The van der Waals surface area contributed by atoms with E-state index in [0.29, 0.717) is 0 Å². The molecule has 0 aromatic rings. The van der Waals surface area contributed by atoms with E-state index < -0.39 is 76.2 Å². The summed E-state index contributed by atoms with van der Waals surface area (Å²) in [5.74, 6) is -8.39. The Balaban J connectivity index is 1.69. The summed E-state index contributed by atoms with van der Waals surface area (Å²) >= 11 is 0. The largest absolute Gasteiger partial charge is 0.465 e. The maximum absolute atomic E-state index is 13.9. The highest BCUT2D eigenvalue weighted by atomic mass is 19.4. The van der Waals surface area contributed by atoms with Crippen LogP contribution in [0.5, 0.6) is 0 Å². The fraction of sp³-hybridized carbons (Fsp3) is 0.611. The topological polar surface area (TPSA) is 26.3 Å². The summed E-state index contributed by atoms with van der Waals surface area (Å²) < 4.78 is 97.9. The van der Waals surface area contributed by atoms with Crippen molar-refractivity contribution in [2.45, 2.75) is 39.5 Å². The molecule has 27 heavy (non-hydrogen) atoms. The van der Waals surface area contributed by atoms with Crippen LogP contribution in [0.4, 0.5) is 30.7 Å². The maximum atomic E-state index is 13.9. The quantitative estimate of drug-likeness (QED) is 0.360. The fourth-order valence-electron chi connectivity index (χ4n) is 4.14. The van der Waals surface area contributed by atoms with Gasteiger partial charge in [0.25, 0.3) is 0 Å². The summed E-state index contributed by atoms with van der Waals surface area (Å²) in [4.78, 5) is 12.3. The fourth-order valence-corrected chi connectivity index (χ4v) is 4.14. The summed E-state index contributed by atoms with van der Waals surface area (Å²) in [6.07, 6.45) is -6.34. The molecule has 0 heterocycles. The lowest BCUT2D eigenvalue weighted by molar-refractivity contribution is -0.148. The van der Waals surface area contributed by atoms with E-state index in [2.05, 4.69) is 0 Å². The minimum absolute atomic E-state index is 0.349. The lowest BCUT2D eigenvalue weighted by Gasteiger charge is -2.30. The first-order valence-electron chi connectivity index (χ1n) is 8.27. The predicted octanol–water partition coefficient (Wildman–Crippen LogP) is 5.43. The summed E-state index contributed by atoms with van der Waals surface area (Å²) in [5.41, 5.74) is -3.36. The SMILES string of the molecule is CC1=C(F)C(F)C(COC(=O)[C@@H]2C(C)(C)[C@]23C=C(C(F)(F)F)C3)C(F)=C1F. The third-order valence-corrected chi connectivity index (χ3v) is 6.09. The Morgan fingerprint density at radius 1 is 1.22 bits per heavy atom. The average molecular weight is 398 g/mol. The van der Waals surface area contributed by atoms with Crippen LogP contribution >= 0.6 is 0 Å². The van der Waals surface area contributed by atoms with E-state index in [4.69, 9.17) is 4.74 Å². The van der Waals surface area contributed by atoms with Gasteiger partial charge in [-0.15, -0.1) is 0 Å². The zero-order valence-electron chi connectivity index (χ0n) is 14.7. The Hall–Kier alpha value is -1.80. The highest BCUT2D eigenvalue weighted by Gasteiger charge is 2.77. The molecule has 1 saturated carbocycles. The smallest absolute Gasteiger partial charge is 0.412 e. The molecule has 0 aromatic heterocycles. The van der Waals surface area contributed by atoms with E-state index in [0.717, 1.165) is 13.0 Å². The molecule has 1 spiro atoms. The molecule has 1 fully saturated rings. The van der Waals surface area contributed by atoms with E-state index in [-0.39, 0.29) is 6.42 Å². The Morgan fingerprint density at radius 3 is 2.30 bits per heavy atom. The number of rotatable bonds is 3. The van der Waals surface area contributed by atoms with Crippen LogP contribution in [0.25, 0.3) is 0 Å². The first-order chi connectivity index (χ1) is 12.3. The number of carbonyl (C=O) groups is 1. The minimum Gasteiger partial charge on any atom is -0.465 e. The van der Waals surface area contributed by atoms with Crippen LogP contribution in [0.15, 0.2) is 34.7 Å². The van der Waals surface area contributed by atoms with Crippen molar-refractivity contribution < 1.29 is 40.3 Å². The third-order valence-electron chi connectivity index (χ3n) is 6.09. The summed E-state index contributed by atoms with van der Waals surface area (Å²) in [5, 5.41) is 0. The molecule has 9 heteroatoms. The first-order valence-corrected chi connectivity index (χ1v) is 8.27. The number of alkyl halides is 4. The molecule has 3 aliphatic rings. The number of ether oxygens (including phenoxy) is 1. The minimum atomic E-state index is -4.48. The molecular formula is C18H17F7O2. The summed E-state index contributed by atoms with van der Waals surface area (Å²) in [6.45, 7) is 3.12. The molecule has 0 amide bonds. The Kier molecular flexibility index (Phi) is 4.32. The van der Waals surface area contributed by atoms with Crippen molar-refractivity contribution >= 4 is 5.97 Å². The monoisotopic (exact) mass is 398 g/mol. The van der Waals surface area contributed by atoms with Crippen molar-refractivity contribution in [3.63, 3.8) is 0 Å². The van der Waals surface area contributed by atoms with Crippen LogP contribution in [0.1, 0.15) is 27.2 Å². The van der Waals surface area contributed by atoms with Crippen molar-refractivity contribution in [2.24, 2.45) is 22.7 Å². The van der Waals surface area contributed by atoms with Gasteiger partial charge in [-0.25, -0.2) is 17.6 Å². The van der Waals surface area contributed by atoms with Gasteiger partial charge in [-0.3, -0.25) is 4.79 Å².